The number of hydrogen-bond donors (Lipinski definition) is 3. The molecule has 2 aromatic carbocycles. The molecule has 156 valence electrons. The molecule has 2 aromatic rings. The predicted octanol–water partition coefficient (Wildman–Crippen LogP) is 5.65. The Balaban J connectivity index is 1.76. The van der Waals surface area contributed by atoms with Crippen LogP contribution in [0.5, 0.6) is 23.0 Å². The Morgan fingerprint density at radius 3 is 2.50 bits per heavy atom. The molecule has 0 saturated carbocycles. The minimum atomic E-state index is -0.345. The highest BCUT2D eigenvalue weighted by Crippen LogP contribution is 2.38. The van der Waals surface area contributed by atoms with E-state index in [0.717, 1.165) is 12.8 Å². The SMILES string of the molecule is CC(C)=CCC/C(C)=C/Cc1ccc(/C=C2\Oc3cc(O)ccc3C2=O)c(O)c1O. The summed E-state index contributed by atoms with van der Waals surface area (Å²) in [4.78, 5) is 12.5. The van der Waals surface area contributed by atoms with Crippen molar-refractivity contribution >= 4 is 11.9 Å². The van der Waals surface area contributed by atoms with Crippen LogP contribution < -0.4 is 4.74 Å². The van der Waals surface area contributed by atoms with Crippen LogP contribution in [0.4, 0.5) is 0 Å². The van der Waals surface area contributed by atoms with Gasteiger partial charge in [0.05, 0.1) is 5.56 Å². The largest absolute Gasteiger partial charge is 0.508 e. The molecule has 1 aliphatic rings. The van der Waals surface area contributed by atoms with E-state index in [-0.39, 0.29) is 40.1 Å². The van der Waals surface area contributed by atoms with Crippen molar-refractivity contribution in [2.45, 2.75) is 40.0 Å². The van der Waals surface area contributed by atoms with Gasteiger partial charge in [0.25, 0.3) is 0 Å². The number of phenolic OH excluding ortho intramolecular Hbond substituents is 3. The molecule has 30 heavy (non-hydrogen) atoms. The summed E-state index contributed by atoms with van der Waals surface area (Å²) in [5, 5.41) is 30.4. The van der Waals surface area contributed by atoms with Crippen molar-refractivity contribution in [3.63, 3.8) is 0 Å². The van der Waals surface area contributed by atoms with E-state index in [9.17, 15) is 20.1 Å². The fraction of sp³-hybridized carbons (Fsp3) is 0.240. The Labute approximate surface area is 176 Å². The van der Waals surface area contributed by atoms with Crippen LogP contribution in [0.2, 0.25) is 0 Å². The number of allylic oxidation sites excluding steroid dienone is 5. The average Bonchev–Trinajstić information content (AvgIpc) is 2.99. The van der Waals surface area contributed by atoms with Gasteiger partial charge in [0.15, 0.2) is 17.3 Å². The fourth-order valence-corrected chi connectivity index (χ4v) is 3.21. The molecule has 5 nitrogen and oxygen atoms in total. The first-order valence-electron chi connectivity index (χ1n) is 9.86. The second kappa shape index (κ2) is 8.91. The number of ketones is 1. The number of ether oxygens (including phenoxy) is 1. The molecule has 0 spiro atoms. The molecule has 1 aliphatic heterocycles. The lowest BCUT2D eigenvalue weighted by molar-refractivity contribution is 0.101. The Hall–Kier alpha value is -3.47. The summed E-state index contributed by atoms with van der Waals surface area (Å²) in [6, 6.07) is 7.62. The highest BCUT2D eigenvalue weighted by molar-refractivity contribution is 6.14. The first kappa shape index (κ1) is 21.2. The Morgan fingerprint density at radius 1 is 1.00 bits per heavy atom. The molecule has 0 fully saturated rings. The molecule has 1 heterocycles. The second-order valence-corrected chi connectivity index (χ2v) is 7.71. The average molecular weight is 406 g/mol. The van der Waals surface area contributed by atoms with Gasteiger partial charge in [-0.15, -0.1) is 0 Å². The lowest BCUT2D eigenvalue weighted by Crippen LogP contribution is -1.98. The summed E-state index contributed by atoms with van der Waals surface area (Å²) in [6.45, 7) is 6.19. The van der Waals surface area contributed by atoms with Gasteiger partial charge in [-0.2, -0.15) is 0 Å². The van der Waals surface area contributed by atoms with E-state index in [4.69, 9.17) is 4.74 Å². The smallest absolute Gasteiger partial charge is 0.231 e. The molecule has 0 radical (unpaired) electrons. The van der Waals surface area contributed by atoms with Gasteiger partial charge in [-0.3, -0.25) is 4.79 Å². The van der Waals surface area contributed by atoms with Gasteiger partial charge in [0.2, 0.25) is 5.78 Å². The molecule has 3 N–H and O–H groups in total. The third kappa shape index (κ3) is 4.74. The molecule has 0 unspecified atom stereocenters. The van der Waals surface area contributed by atoms with E-state index in [1.807, 2.05) is 13.0 Å². The molecule has 3 rings (SSSR count). The van der Waals surface area contributed by atoms with E-state index >= 15 is 0 Å². The highest BCUT2D eigenvalue weighted by atomic mass is 16.5. The van der Waals surface area contributed by atoms with Gasteiger partial charge in [-0.1, -0.05) is 35.4 Å². The summed E-state index contributed by atoms with van der Waals surface area (Å²) in [5.74, 6) is -0.572. The van der Waals surface area contributed by atoms with Gasteiger partial charge < -0.3 is 20.1 Å². The van der Waals surface area contributed by atoms with Crippen molar-refractivity contribution in [3.05, 3.63) is 76.1 Å². The number of aromatic hydroxyl groups is 3. The second-order valence-electron chi connectivity index (χ2n) is 7.71. The van der Waals surface area contributed by atoms with E-state index in [0.29, 0.717) is 17.5 Å². The third-order valence-electron chi connectivity index (χ3n) is 4.97. The number of fused-ring (bicyclic) bond motifs is 1. The van der Waals surface area contributed by atoms with Gasteiger partial charge in [0, 0.05) is 17.2 Å². The van der Waals surface area contributed by atoms with Crippen molar-refractivity contribution < 1.29 is 24.9 Å². The molecule has 0 amide bonds. The topological polar surface area (TPSA) is 87.0 Å². The number of Topliss-reactive ketones (excluding diaryl/α,β-unsaturated/α-hetero) is 1. The zero-order valence-corrected chi connectivity index (χ0v) is 17.4. The minimum absolute atomic E-state index is 0.00292. The van der Waals surface area contributed by atoms with E-state index in [1.165, 1.54) is 35.4 Å². The number of rotatable bonds is 6. The van der Waals surface area contributed by atoms with Crippen LogP contribution >= 0.6 is 0 Å². The zero-order valence-electron chi connectivity index (χ0n) is 17.4. The van der Waals surface area contributed by atoms with Gasteiger partial charge in [-0.25, -0.2) is 0 Å². The lowest BCUT2D eigenvalue weighted by Gasteiger charge is -2.08. The van der Waals surface area contributed by atoms with Gasteiger partial charge >= 0.3 is 0 Å². The zero-order chi connectivity index (χ0) is 21.8. The van der Waals surface area contributed by atoms with Crippen LogP contribution in [0.25, 0.3) is 6.08 Å². The van der Waals surface area contributed by atoms with Crippen molar-refractivity contribution in [2.75, 3.05) is 0 Å². The summed E-state index contributed by atoms with van der Waals surface area (Å²) in [6.07, 6.45) is 8.03. The molecule has 5 heteroatoms. The standard InChI is InChI=1S/C25H26O5/c1-15(2)5-4-6-16(3)7-8-17-9-10-18(24(28)23(17)27)13-22-25(29)20-12-11-19(26)14-21(20)30-22/h5,7,9-14,26-28H,4,6,8H2,1-3H3/b16-7+,22-13-. The summed E-state index contributed by atoms with van der Waals surface area (Å²) >= 11 is 0. The minimum Gasteiger partial charge on any atom is -0.508 e. The van der Waals surface area contributed by atoms with Crippen LogP contribution in [0, 0.1) is 0 Å². The first-order valence-corrected chi connectivity index (χ1v) is 9.86. The Kier molecular flexibility index (Phi) is 6.31. The Bertz CT molecular complexity index is 1070. The molecule has 0 aromatic heterocycles. The first-order chi connectivity index (χ1) is 14.3. The monoisotopic (exact) mass is 406 g/mol. The van der Waals surface area contributed by atoms with Crippen LogP contribution in [0.1, 0.15) is 55.1 Å². The molecular weight excluding hydrogens is 380 g/mol. The summed E-state index contributed by atoms with van der Waals surface area (Å²) < 4.78 is 5.51. The summed E-state index contributed by atoms with van der Waals surface area (Å²) in [7, 11) is 0. The predicted molar refractivity (Wildman–Crippen MR) is 117 cm³/mol. The molecule has 0 saturated heterocycles. The third-order valence-corrected chi connectivity index (χ3v) is 4.97. The van der Waals surface area contributed by atoms with Gasteiger partial charge in [0.1, 0.15) is 11.5 Å². The maximum absolute atomic E-state index is 12.5. The van der Waals surface area contributed by atoms with Crippen molar-refractivity contribution in [3.8, 4) is 23.0 Å². The quantitative estimate of drug-likeness (QED) is 0.328. The number of benzene rings is 2. The van der Waals surface area contributed by atoms with E-state index in [1.54, 1.807) is 12.1 Å². The van der Waals surface area contributed by atoms with Crippen LogP contribution in [-0.4, -0.2) is 21.1 Å². The number of carbonyl (C=O) groups excluding carboxylic acids is 1. The number of hydrogen-bond acceptors (Lipinski definition) is 5. The maximum Gasteiger partial charge on any atom is 0.231 e. The molecular formula is C25H26O5. The molecule has 0 atom stereocenters. The van der Waals surface area contributed by atoms with Crippen molar-refractivity contribution in [2.24, 2.45) is 0 Å². The van der Waals surface area contributed by atoms with Crippen LogP contribution in [-0.2, 0) is 6.42 Å². The number of phenols is 3. The fourth-order valence-electron chi connectivity index (χ4n) is 3.21. The van der Waals surface area contributed by atoms with Gasteiger partial charge in [-0.05, 0) is 58.2 Å². The lowest BCUT2D eigenvalue weighted by atomic mass is 10.0. The Morgan fingerprint density at radius 2 is 1.77 bits per heavy atom. The van der Waals surface area contributed by atoms with Crippen LogP contribution in [0.3, 0.4) is 0 Å². The van der Waals surface area contributed by atoms with E-state index < -0.39 is 0 Å². The molecule has 0 bridgehead atoms. The summed E-state index contributed by atoms with van der Waals surface area (Å²) in [5.41, 5.74) is 3.72. The number of carbonyl (C=O) groups is 1. The maximum atomic E-state index is 12.5. The highest BCUT2D eigenvalue weighted by Gasteiger charge is 2.28. The van der Waals surface area contributed by atoms with Crippen molar-refractivity contribution in [1.29, 1.82) is 0 Å². The normalized spacial score (nSPS) is 14.6. The van der Waals surface area contributed by atoms with Crippen molar-refractivity contribution in [1.82, 2.24) is 0 Å². The molecule has 0 aliphatic carbocycles. The van der Waals surface area contributed by atoms with E-state index in [2.05, 4.69) is 19.9 Å². The van der Waals surface area contributed by atoms with Crippen LogP contribution in [0.15, 0.2) is 59.4 Å².